The zero-order chi connectivity index (χ0) is 16.1. The standard InChI is InChI=1S/C12H14F3N3O3/c1-8(19)16-11(10(20)21-2,12(13,14)15)18-17-9-6-4-3-5-7-9/h3-7,17-18H,1-2H3,(H,16,19). The number of esters is 1. The summed E-state index contributed by atoms with van der Waals surface area (Å²) in [6.07, 6.45) is -5.13. The third-order valence-electron chi connectivity index (χ3n) is 2.45. The highest BCUT2D eigenvalue weighted by atomic mass is 19.4. The molecule has 1 aromatic carbocycles. The van der Waals surface area contributed by atoms with Gasteiger partial charge in [-0.05, 0) is 12.1 Å². The summed E-state index contributed by atoms with van der Waals surface area (Å²) in [5.41, 5.74) is 0.882. The first kappa shape index (κ1) is 16.8. The van der Waals surface area contributed by atoms with E-state index in [1.807, 2.05) is 0 Å². The molecule has 0 spiro atoms. The highest BCUT2D eigenvalue weighted by molar-refractivity contribution is 5.87. The molecule has 1 aromatic rings. The second kappa shape index (κ2) is 6.44. The van der Waals surface area contributed by atoms with Gasteiger partial charge in [0.05, 0.1) is 7.11 Å². The van der Waals surface area contributed by atoms with E-state index < -0.39 is 23.7 Å². The quantitative estimate of drug-likeness (QED) is 0.432. The third-order valence-corrected chi connectivity index (χ3v) is 2.45. The van der Waals surface area contributed by atoms with E-state index in [0.717, 1.165) is 14.0 Å². The number of para-hydroxylation sites is 1. The fourth-order valence-corrected chi connectivity index (χ4v) is 1.50. The van der Waals surface area contributed by atoms with Crippen molar-refractivity contribution in [3.8, 4) is 0 Å². The molecule has 0 aromatic heterocycles. The first-order chi connectivity index (χ1) is 9.73. The largest absolute Gasteiger partial charge is 0.466 e. The summed E-state index contributed by atoms with van der Waals surface area (Å²) < 4.78 is 43.9. The zero-order valence-corrected chi connectivity index (χ0v) is 11.2. The first-order valence-electron chi connectivity index (χ1n) is 5.75. The predicted molar refractivity (Wildman–Crippen MR) is 67.8 cm³/mol. The Morgan fingerprint density at radius 2 is 1.71 bits per heavy atom. The summed E-state index contributed by atoms with van der Waals surface area (Å²) in [7, 11) is 0.787. The van der Waals surface area contributed by atoms with Crippen molar-refractivity contribution in [1.29, 1.82) is 0 Å². The number of amides is 1. The van der Waals surface area contributed by atoms with Crippen LogP contribution in [-0.4, -0.2) is 30.8 Å². The number of anilines is 1. The number of hydrogen-bond donors (Lipinski definition) is 3. The SMILES string of the molecule is COC(=O)C(NNc1ccccc1)(NC(C)=O)C(F)(F)F. The first-order valence-corrected chi connectivity index (χ1v) is 5.75. The molecule has 0 bridgehead atoms. The van der Waals surface area contributed by atoms with Crippen LogP contribution < -0.4 is 16.2 Å². The Morgan fingerprint density at radius 1 is 1.14 bits per heavy atom. The van der Waals surface area contributed by atoms with Gasteiger partial charge < -0.3 is 15.5 Å². The fourth-order valence-electron chi connectivity index (χ4n) is 1.50. The predicted octanol–water partition coefficient (Wildman–Crippen LogP) is 1.17. The van der Waals surface area contributed by atoms with Gasteiger partial charge in [-0.2, -0.15) is 18.6 Å². The molecule has 21 heavy (non-hydrogen) atoms. The second-order valence-electron chi connectivity index (χ2n) is 4.04. The van der Waals surface area contributed by atoms with Gasteiger partial charge >= 0.3 is 17.8 Å². The van der Waals surface area contributed by atoms with E-state index in [9.17, 15) is 22.8 Å². The van der Waals surface area contributed by atoms with Crippen molar-refractivity contribution in [2.45, 2.75) is 18.8 Å². The molecule has 6 nitrogen and oxygen atoms in total. The lowest BCUT2D eigenvalue weighted by Gasteiger charge is -2.34. The Labute approximate surface area is 118 Å². The molecule has 1 amide bonds. The monoisotopic (exact) mass is 305 g/mol. The second-order valence-corrected chi connectivity index (χ2v) is 4.04. The lowest BCUT2D eigenvalue weighted by atomic mass is 10.1. The summed E-state index contributed by atoms with van der Waals surface area (Å²) >= 11 is 0. The lowest BCUT2D eigenvalue weighted by molar-refractivity contribution is -0.218. The van der Waals surface area contributed by atoms with E-state index in [2.05, 4.69) is 10.2 Å². The van der Waals surface area contributed by atoms with Gasteiger partial charge in [-0.25, -0.2) is 4.79 Å². The van der Waals surface area contributed by atoms with E-state index in [1.165, 1.54) is 12.1 Å². The number of hydrazine groups is 1. The number of nitrogens with one attached hydrogen (secondary N) is 3. The molecule has 0 fully saturated rings. The van der Waals surface area contributed by atoms with Crippen LogP contribution in [0.5, 0.6) is 0 Å². The van der Waals surface area contributed by atoms with Crippen LogP contribution in [0.2, 0.25) is 0 Å². The molecule has 0 saturated heterocycles. The molecule has 0 aliphatic heterocycles. The van der Waals surface area contributed by atoms with Crippen molar-refractivity contribution in [2.75, 3.05) is 12.5 Å². The molecular formula is C12H14F3N3O3. The molecule has 0 aliphatic rings. The van der Waals surface area contributed by atoms with E-state index in [4.69, 9.17) is 0 Å². The van der Waals surface area contributed by atoms with Crippen LogP contribution in [0.4, 0.5) is 18.9 Å². The molecule has 0 aliphatic carbocycles. The number of carbonyl (C=O) groups excluding carboxylic acids is 2. The molecule has 116 valence electrons. The molecule has 1 atom stereocenters. The van der Waals surface area contributed by atoms with Crippen LogP contribution in [-0.2, 0) is 14.3 Å². The van der Waals surface area contributed by atoms with Crippen LogP contribution in [0.15, 0.2) is 30.3 Å². The van der Waals surface area contributed by atoms with Crippen molar-refractivity contribution in [3.05, 3.63) is 30.3 Å². The maximum Gasteiger partial charge on any atom is 0.438 e. The minimum Gasteiger partial charge on any atom is -0.466 e. The number of halogens is 3. The number of carbonyl (C=O) groups is 2. The van der Waals surface area contributed by atoms with Gasteiger partial charge in [0.15, 0.2) is 0 Å². The maximum absolute atomic E-state index is 13.3. The number of rotatable bonds is 5. The van der Waals surface area contributed by atoms with Gasteiger partial charge in [0.25, 0.3) is 0 Å². The molecule has 0 radical (unpaired) electrons. The lowest BCUT2D eigenvalue weighted by Crippen LogP contribution is -2.73. The van der Waals surface area contributed by atoms with Crippen molar-refractivity contribution in [2.24, 2.45) is 0 Å². The fraction of sp³-hybridized carbons (Fsp3) is 0.333. The summed E-state index contributed by atoms with van der Waals surface area (Å²) in [6, 6.07) is 7.76. The van der Waals surface area contributed by atoms with E-state index in [0.29, 0.717) is 0 Å². The highest BCUT2D eigenvalue weighted by Crippen LogP contribution is 2.29. The van der Waals surface area contributed by atoms with Crippen LogP contribution in [0.3, 0.4) is 0 Å². The molecule has 1 rings (SSSR count). The Hall–Kier alpha value is -2.29. The zero-order valence-electron chi connectivity index (χ0n) is 11.2. The van der Waals surface area contributed by atoms with Gasteiger partial charge in [0.2, 0.25) is 5.91 Å². The average Bonchev–Trinajstić information content (AvgIpc) is 2.42. The molecule has 3 N–H and O–H groups in total. The molecule has 9 heteroatoms. The summed E-state index contributed by atoms with van der Waals surface area (Å²) in [5, 5.41) is 1.54. The van der Waals surface area contributed by atoms with Gasteiger partial charge in [-0.15, -0.1) is 0 Å². The summed E-state index contributed by atoms with van der Waals surface area (Å²) in [6.45, 7) is 0.855. The van der Waals surface area contributed by atoms with Crippen LogP contribution in [0.1, 0.15) is 6.92 Å². The van der Waals surface area contributed by atoms with Crippen molar-refractivity contribution in [1.82, 2.24) is 10.7 Å². The summed E-state index contributed by atoms with van der Waals surface area (Å²) in [5.74, 6) is -2.76. The molecular weight excluding hydrogens is 291 g/mol. The van der Waals surface area contributed by atoms with Crippen LogP contribution >= 0.6 is 0 Å². The van der Waals surface area contributed by atoms with Crippen molar-refractivity contribution >= 4 is 17.6 Å². The smallest absolute Gasteiger partial charge is 0.438 e. The topological polar surface area (TPSA) is 79.5 Å². The molecule has 1 unspecified atom stereocenters. The van der Waals surface area contributed by atoms with Gasteiger partial charge in [-0.1, -0.05) is 18.2 Å². The molecule has 0 heterocycles. The van der Waals surface area contributed by atoms with Crippen molar-refractivity contribution in [3.63, 3.8) is 0 Å². The normalized spacial score (nSPS) is 14.0. The number of methoxy groups -OCH3 is 1. The minimum absolute atomic E-state index is 0.264. The van der Waals surface area contributed by atoms with Crippen molar-refractivity contribution < 1.29 is 27.5 Å². The highest BCUT2D eigenvalue weighted by Gasteiger charge is 2.63. The minimum atomic E-state index is -5.13. The van der Waals surface area contributed by atoms with Crippen LogP contribution in [0.25, 0.3) is 0 Å². The summed E-state index contributed by atoms with van der Waals surface area (Å²) in [4.78, 5) is 22.6. The van der Waals surface area contributed by atoms with E-state index in [1.54, 1.807) is 28.9 Å². The van der Waals surface area contributed by atoms with E-state index >= 15 is 0 Å². The Morgan fingerprint density at radius 3 is 2.14 bits per heavy atom. The Bertz CT molecular complexity index is 507. The van der Waals surface area contributed by atoms with Crippen LogP contribution in [0, 0.1) is 0 Å². The average molecular weight is 305 g/mol. The van der Waals surface area contributed by atoms with Gasteiger partial charge in [0.1, 0.15) is 0 Å². The molecule has 0 saturated carbocycles. The number of benzene rings is 1. The Balaban J connectivity index is 3.10. The third kappa shape index (κ3) is 3.85. The number of alkyl halides is 3. The van der Waals surface area contributed by atoms with Gasteiger partial charge in [-0.3, -0.25) is 4.79 Å². The van der Waals surface area contributed by atoms with Gasteiger partial charge in [0, 0.05) is 12.6 Å². The van der Waals surface area contributed by atoms with E-state index in [-0.39, 0.29) is 5.69 Å². The Kier molecular flexibility index (Phi) is 5.14. The maximum atomic E-state index is 13.3. The number of ether oxygens (including phenoxy) is 1. The number of hydrogen-bond acceptors (Lipinski definition) is 5.